The first-order chi connectivity index (χ1) is 11.9. The molecule has 0 radical (unpaired) electrons. The van der Waals surface area contributed by atoms with E-state index >= 15 is 0 Å². The summed E-state index contributed by atoms with van der Waals surface area (Å²) < 4.78 is 11.1. The van der Waals surface area contributed by atoms with E-state index in [9.17, 15) is 19.8 Å². The molecule has 2 N–H and O–H groups in total. The van der Waals surface area contributed by atoms with Crippen LogP contribution in [0.3, 0.4) is 0 Å². The number of carbonyl (C=O) groups excluding carboxylic acids is 2. The van der Waals surface area contributed by atoms with Gasteiger partial charge in [0.25, 0.3) is 0 Å². The molecule has 7 heteroatoms. The monoisotopic (exact) mass is 351 g/mol. The first kappa shape index (κ1) is 18.1. The lowest BCUT2D eigenvalue weighted by atomic mass is 9.84. The van der Waals surface area contributed by atoms with Crippen LogP contribution in [-0.2, 0) is 19.1 Å². The lowest BCUT2D eigenvalue weighted by Gasteiger charge is -2.32. The maximum Gasteiger partial charge on any atom is 0.341 e. The first-order valence-electron chi connectivity index (χ1n) is 8.70. The smallest absolute Gasteiger partial charge is 0.341 e. The standard InChI is InChI=1S/C18H25NO6/c1-3-12-8-11(2)18(23,10-20)17(22)24-9-13-4-6-19-7-5-14(15(13)19)25-16(12)21/h3-4,11,14-15,20,23H,5-10H2,1-2H3/b12-3+/t11-,14+,15-,18-/m0/s1. The average molecular weight is 351 g/mol. The minimum absolute atomic E-state index is 0.0273. The summed E-state index contributed by atoms with van der Waals surface area (Å²) in [4.78, 5) is 27.2. The number of aliphatic hydroxyl groups is 2. The van der Waals surface area contributed by atoms with Crippen molar-refractivity contribution in [1.29, 1.82) is 0 Å². The van der Waals surface area contributed by atoms with Crippen molar-refractivity contribution < 1.29 is 29.3 Å². The van der Waals surface area contributed by atoms with Gasteiger partial charge in [-0.25, -0.2) is 9.59 Å². The van der Waals surface area contributed by atoms with Crippen LogP contribution >= 0.6 is 0 Å². The third-order valence-electron chi connectivity index (χ3n) is 5.59. The third kappa shape index (κ3) is 3.12. The Bertz CT molecular complexity index is 627. The molecule has 0 aliphatic carbocycles. The summed E-state index contributed by atoms with van der Waals surface area (Å²) in [6.07, 6.45) is 4.20. The molecule has 0 spiro atoms. The minimum atomic E-state index is -2.05. The number of ether oxygens (including phenoxy) is 2. The molecule has 7 nitrogen and oxygen atoms in total. The number of carbonyl (C=O) groups is 2. The zero-order chi connectivity index (χ0) is 18.2. The third-order valence-corrected chi connectivity index (χ3v) is 5.59. The Morgan fingerprint density at radius 3 is 2.88 bits per heavy atom. The number of rotatable bonds is 1. The van der Waals surface area contributed by atoms with Crippen molar-refractivity contribution in [1.82, 2.24) is 4.90 Å². The Kier molecular flexibility index (Phi) is 4.99. The van der Waals surface area contributed by atoms with Crippen LogP contribution in [0.5, 0.6) is 0 Å². The van der Waals surface area contributed by atoms with Gasteiger partial charge in [-0.15, -0.1) is 0 Å². The van der Waals surface area contributed by atoms with Crippen molar-refractivity contribution in [2.24, 2.45) is 5.92 Å². The second-order valence-corrected chi connectivity index (χ2v) is 7.03. The molecule has 2 fully saturated rings. The van der Waals surface area contributed by atoms with E-state index in [1.807, 2.05) is 6.08 Å². The van der Waals surface area contributed by atoms with Gasteiger partial charge in [-0.2, -0.15) is 0 Å². The van der Waals surface area contributed by atoms with Crippen LogP contribution in [-0.4, -0.2) is 71.1 Å². The number of esters is 2. The Morgan fingerprint density at radius 1 is 1.44 bits per heavy atom. The number of hydrogen-bond acceptors (Lipinski definition) is 7. The molecule has 0 unspecified atom stereocenters. The van der Waals surface area contributed by atoms with Crippen molar-refractivity contribution in [3.05, 3.63) is 23.3 Å². The number of hydrogen-bond donors (Lipinski definition) is 2. The van der Waals surface area contributed by atoms with Crippen molar-refractivity contribution in [3.8, 4) is 0 Å². The summed E-state index contributed by atoms with van der Waals surface area (Å²) in [5, 5.41) is 20.2. The summed E-state index contributed by atoms with van der Waals surface area (Å²) in [7, 11) is 0. The van der Waals surface area contributed by atoms with Gasteiger partial charge in [0.05, 0.1) is 12.6 Å². The molecule has 4 atom stereocenters. The predicted octanol–water partition coefficient (Wildman–Crippen LogP) is 0.165. The predicted molar refractivity (Wildman–Crippen MR) is 88.5 cm³/mol. The molecule has 3 rings (SSSR count). The van der Waals surface area contributed by atoms with E-state index < -0.39 is 30.1 Å². The second kappa shape index (κ2) is 6.90. The van der Waals surface area contributed by atoms with E-state index in [2.05, 4.69) is 4.90 Å². The highest BCUT2D eigenvalue weighted by Crippen LogP contribution is 2.34. The lowest BCUT2D eigenvalue weighted by molar-refractivity contribution is -0.176. The summed E-state index contributed by atoms with van der Waals surface area (Å²) in [5.41, 5.74) is -0.796. The topological polar surface area (TPSA) is 96.3 Å². The molecular weight excluding hydrogens is 326 g/mol. The summed E-state index contributed by atoms with van der Waals surface area (Å²) >= 11 is 0. The molecule has 25 heavy (non-hydrogen) atoms. The SMILES string of the molecule is C/C=C1\C[C@H](C)[C@@](O)(CO)C(=O)OCC2=CCN3CC[C@@H](OC1=O)[C@H]23. The molecule has 2 saturated heterocycles. The van der Waals surface area contributed by atoms with Crippen LogP contribution in [0.1, 0.15) is 26.7 Å². The zero-order valence-corrected chi connectivity index (χ0v) is 14.6. The van der Waals surface area contributed by atoms with Gasteiger partial charge < -0.3 is 19.7 Å². The van der Waals surface area contributed by atoms with E-state index in [1.165, 1.54) is 0 Å². The van der Waals surface area contributed by atoms with Gasteiger partial charge in [0.2, 0.25) is 0 Å². The van der Waals surface area contributed by atoms with E-state index in [0.29, 0.717) is 5.57 Å². The van der Waals surface area contributed by atoms with Gasteiger partial charge in [-0.3, -0.25) is 4.90 Å². The van der Waals surface area contributed by atoms with Gasteiger partial charge in [-0.05, 0) is 25.3 Å². The minimum Gasteiger partial charge on any atom is -0.459 e. The van der Waals surface area contributed by atoms with Gasteiger partial charge in [0.1, 0.15) is 12.7 Å². The van der Waals surface area contributed by atoms with E-state index in [0.717, 1.165) is 25.1 Å². The zero-order valence-electron chi connectivity index (χ0n) is 14.6. The van der Waals surface area contributed by atoms with Crippen LogP contribution in [0.4, 0.5) is 0 Å². The van der Waals surface area contributed by atoms with Crippen molar-refractivity contribution >= 4 is 11.9 Å². The Labute approximate surface area is 146 Å². The molecule has 138 valence electrons. The van der Waals surface area contributed by atoms with Gasteiger partial charge in [0.15, 0.2) is 5.60 Å². The normalized spacial score (nSPS) is 38.5. The molecule has 0 amide bonds. The van der Waals surface area contributed by atoms with Crippen LogP contribution in [0.15, 0.2) is 23.3 Å². The van der Waals surface area contributed by atoms with Crippen molar-refractivity contribution in [2.45, 2.75) is 44.4 Å². The molecular formula is C18H25NO6. The summed E-state index contributed by atoms with van der Waals surface area (Å²) in [6, 6.07) is -0.0890. The van der Waals surface area contributed by atoms with Crippen LogP contribution in [0, 0.1) is 5.92 Å². The maximum absolute atomic E-state index is 12.6. The number of cyclic esters (lactones) is 1. The van der Waals surface area contributed by atoms with Gasteiger partial charge >= 0.3 is 11.9 Å². The number of allylic oxidation sites excluding steroid dienone is 1. The molecule has 0 bridgehead atoms. The fourth-order valence-electron chi connectivity index (χ4n) is 3.85. The van der Waals surface area contributed by atoms with Crippen molar-refractivity contribution in [2.75, 3.05) is 26.3 Å². The van der Waals surface area contributed by atoms with Crippen LogP contribution in [0.2, 0.25) is 0 Å². The molecule has 0 aromatic carbocycles. The molecule has 0 aromatic heterocycles. The largest absolute Gasteiger partial charge is 0.459 e. The quantitative estimate of drug-likeness (QED) is 0.395. The molecule has 0 saturated carbocycles. The Morgan fingerprint density at radius 2 is 2.20 bits per heavy atom. The van der Waals surface area contributed by atoms with Crippen LogP contribution in [0.25, 0.3) is 0 Å². The number of aliphatic hydroxyl groups excluding tert-OH is 1. The molecule has 3 aliphatic heterocycles. The molecule has 3 heterocycles. The molecule has 0 aromatic rings. The van der Waals surface area contributed by atoms with E-state index in [1.54, 1.807) is 19.9 Å². The maximum atomic E-state index is 12.6. The molecule has 3 aliphatic rings. The summed E-state index contributed by atoms with van der Waals surface area (Å²) in [6.45, 7) is 4.12. The van der Waals surface area contributed by atoms with Crippen molar-refractivity contribution in [3.63, 3.8) is 0 Å². The second-order valence-electron chi connectivity index (χ2n) is 7.03. The lowest BCUT2D eigenvalue weighted by Crippen LogP contribution is -2.50. The van der Waals surface area contributed by atoms with E-state index in [-0.39, 0.29) is 25.2 Å². The van der Waals surface area contributed by atoms with Crippen LogP contribution < -0.4 is 0 Å². The van der Waals surface area contributed by atoms with Gasteiger partial charge in [0, 0.05) is 24.6 Å². The average Bonchev–Trinajstić information content (AvgIpc) is 3.18. The fourth-order valence-corrected chi connectivity index (χ4v) is 3.85. The highest BCUT2D eigenvalue weighted by Gasteiger charge is 2.46. The highest BCUT2D eigenvalue weighted by atomic mass is 16.6. The Hall–Kier alpha value is -1.70. The van der Waals surface area contributed by atoms with Gasteiger partial charge in [-0.1, -0.05) is 19.1 Å². The summed E-state index contributed by atoms with van der Waals surface area (Å²) in [5.74, 6) is -1.99. The fraction of sp³-hybridized carbons (Fsp3) is 0.667. The highest BCUT2D eigenvalue weighted by molar-refractivity contribution is 5.89. The first-order valence-corrected chi connectivity index (χ1v) is 8.70. The number of nitrogens with zero attached hydrogens (tertiary/aromatic N) is 1. The Balaban J connectivity index is 1.93. The van der Waals surface area contributed by atoms with E-state index in [4.69, 9.17) is 9.47 Å².